The minimum absolute atomic E-state index is 0.228. The number of ether oxygens (including phenoxy) is 1. The number of benzene rings is 1. The molecule has 0 spiro atoms. The van der Waals surface area contributed by atoms with E-state index in [0.717, 1.165) is 25.4 Å². The number of fused-ring (bicyclic) bond motifs is 1. The van der Waals surface area contributed by atoms with Crippen molar-refractivity contribution in [3.05, 3.63) is 30.3 Å². The van der Waals surface area contributed by atoms with Crippen molar-refractivity contribution in [2.75, 3.05) is 33.8 Å². The molecule has 1 saturated heterocycles. The Morgan fingerprint density at radius 1 is 1.08 bits per heavy atom. The van der Waals surface area contributed by atoms with Crippen molar-refractivity contribution in [3.8, 4) is 0 Å². The van der Waals surface area contributed by atoms with Crippen LogP contribution in [0.15, 0.2) is 35.2 Å². The van der Waals surface area contributed by atoms with Crippen LogP contribution in [0.1, 0.15) is 25.7 Å². The van der Waals surface area contributed by atoms with Crippen LogP contribution < -0.4 is 0 Å². The molecule has 1 aromatic carbocycles. The third kappa shape index (κ3) is 3.70. The molecule has 3 fully saturated rings. The first-order valence-corrected chi connectivity index (χ1v) is 11.2. The highest BCUT2D eigenvalue weighted by Gasteiger charge is 2.46. The van der Waals surface area contributed by atoms with Crippen LogP contribution in [0, 0.1) is 17.8 Å². The Labute approximate surface area is 157 Å². The van der Waals surface area contributed by atoms with Crippen molar-refractivity contribution >= 4 is 10.0 Å². The first kappa shape index (κ1) is 18.4. The number of rotatable bonds is 6. The number of likely N-dealkylation sites (N-methyl/N-ethyl adjacent to an activating group) is 1. The van der Waals surface area contributed by atoms with E-state index >= 15 is 0 Å². The molecule has 0 bridgehead atoms. The molecule has 144 valence electrons. The second-order valence-electron chi connectivity index (χ2n) is 8.47. The largest absolute Gasteiger partial charge is 0.376 e. The minimum atomic E-state index is -3.39. The second kappa shape index (κ2) is 7.23. The Balaban J connectivity index is 1.47. The van der Waals surface area contributed by atoms with E-state index < -0.39 is 10.0 Å². The average molecular weight is 379 g/mol. The Morgan fingerprint density at radius 2 is 1.73 bits per heavy atom. The summed E-state index contributed by atoms with van der Waals surface area (Å²) >= 11 is 0. The van der Waals surface area contributed by atoms with E-state index in [0.29, 0.717) is 35.9 Å². The lowest BCUT2D eigenvalue weighted by molar-refractivity contribution is -0.0493. The maximum atomic E-state index is 13.0. The molecule has 0 radical (unpaired) electrons. The molecule has 0 aromatic heterocycles. The summed E-state index contributed by atoms with van der Waals surface area (Å²) in [6.45, 7) is 2.14. The fourth-order valence-electron chi connectivity index (χ4n) is 4.55. The van der Waals surface area contributed by atoms with Gasteiger partial charge in [0.1, 0.15) is 0 Å². The topological polar surface area (TPSA) is 49.9 Å². The molecule has 0 N–H and O–H groups in total. The lowest BCUT2D eigenvalue weighted by Gasteiger charge is -2.41. The Bertz CT molecular complexity index is 718. The monoisotopic (exact) mass is 378 g/mol. The molecule has 5 nitrogen and oxygen atoms in total. The van der Waals surface area contributed by atoms with Crippen LogP contribution in [-0.2, 0) is 14.8 Å². The molecule has 6 heteroatoms. The van der Waals surface area contributed by atoms with E-state index in [-0.39, 0.29) is 6.10 Å². The van der Waals surface area contributed by atoms with Crippen molar-refractivity contribution < 1.29 is 13.2 Å². The van der Waals surface area contributed by atoms with Crippen molar-refractivity contribution in [3.63, 3.8) is 0 Å². The van der Waals surface area contributed by atoms with Crippen molar-refractivity contribution in [1.82, 2.24) is 9.21 Å². The third-order valence-electron chi connectivity index (χ3n) is 6.34. The zero-order valence-corrected chi connectivity index (χ0v) is 16.6. The summed E-state index contributed by atoms with van der Waals surface area (Å²) in [5, 5.41) is 0. The highest BCUT2D eigenvalue weighted by atomic mass is 32.2. The molecule has 4 rings (SSSR count). The summed E-state index contributed by atoms with van der Waals surface area (Å²) in [6.07, 6.45) is 4.82. The van der Waals surface area contributed by atoms with Gasteiger partial charge in [0.2, 0.25) is 10.0 Å². The highest BCUT2D eigenvalue weighted by Crippen LogP contribution is 2.41. The van der Waals surface area contributed by atoms with Crippen LogP contribution in [0.5, 0.6) is 0 Å². The van der Waals surface area contributed by atoms with Crippen LogP contribution in [0.2, 0.25) is 0 Å². The fourth-order valence-corrected chi connectivity index (χ4v) is 6.13. The van der Waals surface area contributed by atoms with Crippen LogP contribution in [0.4, 0.5) is 0 Å². The van der Waals surface area contributed by atoms with E-state index in [2.05, 4.69) is 19.0 Å². The molecule has 26 heavy (non-hydrogen) atoms. The number of sulfonamides is 1. The first-order valence-electron chi connectivity index (χ1n) is 9.78. The standard InChI is InChI=1S/C20H30N2O3S/c1-21(2)19-10-16-12-22(26(23,24)18-6-4-3-5-7-18)13-17(16)11-20(19)25-14-15-8-9-15/h3-7,15-17,19-20H,8-14H2,1-2H3/t16-,17+,19-,20-/m1/s1. The van der Waals surface area contributed by atoms with Crippen LogP contribution in [-0.4, -0.2) is 63.6 Å². The van der Waals surface area contributed by atoms with Gasteiger partial charge in [-0.2, -0.15) is 4.31 Å². The molecule has 3 aliphatic rings. The normalized spacial score (nSPS) is 32.7. The summed E-state index contributed by atoms with van der Waals surface area (Å²) in [4.78, 5) is 2.67. The van der Waals surface area contributed by atoms with Gasteiger partial charge in [0.05, 0.1) is 11.0 Å². The summed E-state index contributed by atoms with van der Waals surface area (Å²) < 4.78 is 34.0. The molecule has 2 aliphatic carbocycles. The van der Waals surface area contributed by atoms with Gasteiger partial charge < -0.3 is 9.64 Å². The van der Waals surface area contributed by atoms with Gasteiger partial charge in [-0.05, 0) is 69.7 Å². The molecular weight excluding hydrogens is 348 g/mol. The predicted molar refractivity (Wildman–Crippen MR) is 101 cm³/mol. The summed E-state index contributed by atoms with van der Waals surface area (Å²) in [6, 6.07) is 9.21. The second-order valence-corrected chi connectivity index (χ2v) is 10.4. The van der Waals surface area contributed by atoms with E-state index in [9.17, 15) is 8.42 Å². The van der Waals surface area contributed by atoms with Gasteiger partial charge in [-0.3, -0.25) is 0 Å². The number of hydrogen-bond acceptors (Lipinski definition) is 4. The van der Waals surface area contributed by atoms with Gasteiger partial charge in [-0.15, -0.1) is 0 Å². The highest BCUT2D eigenvalue weighted by molar-refractivity contribution is 7.89. The van der Waals surface area contributed by atoms with E-state index in [1.807, 2.05) is 6.07 Å². The molecule has 0 unspecified atom stereocenters. The lowest BCUT2D eigenvalue weighted by atomic mass is 9.77. The van der Waals surface area contributed by atoms with Crippen molar-refractivity contribution in [1.29, 1.82) is 0 Å². The lowest BCUT2D eigenvalue weighted by Crippen LogP contribution is -2.48. The molecular formula is C20H30N2O3S. The molecule has 2 saturated carbocycles. The zero-order valence-electron chi connectivity index (χ0n) is 15.8. The maximum absolute atomic E-state index is 13.0. The predicted octanol–water partition coefficient (Wildman–Crippen LogP) is 2.44. The van der Waals surface area contributed by atoms with E-state index in [1.165, 1.54) is 12.8 Å². The zero-order chi connectivity index (χ0) is 18.3. The molecule has 1 aliphatic heterocycles. The maximum Gasteiger partial charge on any atom is 0.243 e. The summed E-state index contributed by atoms with van der Waals surface area (Å²) in [5.74, 6) is 1.60. The third-order valence-corrected chi connectivity index (χ3v) is 8.18. The quantitative estimate of drug-likeness (QED) is 0.763. The van der Waals surface area contributed by atoms with E-state index in [4.69, 9.17) is 4.74 Å². The number of hydrogen-bond donors (Lipinski definition) is 0. The van der Waals surface area contributed by atoms with Gasteiger partial charge in [0.25, 0.3) is 0 Å². The Morgan fingerprint density at radius 3 is 2.35 bits per heavy atom. The minimum Gasteiger partial charge on any atom is -0.376 e. The van der Waals surface area contributed by atoms with Gasteiger partial charge in [-0.1, -0.05) is 18.2 Å². The Kier molecular flexibility index (Phi) is 5.12. The Hall–Kier alpha value is -0.950. The summed E-state index contributed by atoms with van der Waals surface area (Å²) in [5.41, 5.74) is 0. The van der Waals surface area contributed by atoms with Gasteiger partial charge >= 0.3 is 0 Å². The fraction of sp³-hybridized carbons (Fsp3) is 0.700. The summed E-state index contributed by atoms with van der Waals surface area (Å²) in [7, 11) is 0.845. The van der Waals surface area contributed by atoms with Crippen LogP contribution in [0.25, 0.3) is 0 Å². The van der Waals surface area contributed by atoms with Crippen LogP contribution in [0.3, 0.4) is 0 Å². The first-order chi connectivity index (χ1) is 12.4. The van der Waals surface area contributed by atoms with Crippen LogP contribution >= 0.6 is 0 Å². The van der Waals surface area contributed by atoms with E-state index in [1.54, 1.807) is 28.6 Å². The number of nitrogens with zero attached hydrogens (tertiary/aromatic N) is 2. The molecule has 4 atom stereocenters. The molecule has 1 heterocycles. The SMILES string of the molecule is CN(C)[C@@H]1C[C@@H]2CN(S(=O)(=O)c3ccccc3)C[C@@H]2C[C@H]1OCC1CC1. The van der Waals surface area contributed by atoms with Crippen molar-refractivity contribution in [2.45, 2.75) is 42.7 Å². The molecule has 0 amide bonds. The van der Waals surface area contributed by atoms with Gasteiger partial charge in [0.15, 0.2) is 0 Å². The molecule has 1 aromatic rings. The van der Waals surface area contributed by atoms with Gasteiger partial charge in [-0.25, -0.2) is 8.42 Å². The smallest absolute Gasteiger partial charge is 0.243 e. The van der Waals surface area contributed by atoms with Gasteiger partial charge in [0, 0.05) is 25.7 Å². The van der Waals surface area contributed by atoms with Crippen molar-refractivity contribution in [2.24, 2.45) is 17.8 Å². The average Bonchev–Trinajstić information content (AvgIpc) is 3.36.